The van der Waals surface area contributed by atoms with Crippen LogP contribution in [-0.2, 0) is 0 Å². The first-order chi connectivity index (χ1) is 8.36. The molecule has 2 rings (SSSR count). The fourth-order valence-electron chi connectivity index (χ4n) is 1.90. The molecule has 0 spiro atoms. The molecule has 0 atom stereocenters. The van der Waals surface area contributed by atoms with Crippen LogP contribution in [-0.4, -0.2) is 12.4 Å². The second kappa shape index (κ2) is 5.78. The summed E-state index contributed by atoms with van der Waals surface area (Å²) < 4.78 is 5.67. The first-order valence-electron chi connectivity index (χ1n) is 5.78. The van der Waals surface area contributed by atoms with Crippen LogP contribution in [0, 0.1) is 0 Å². The van der Waals surface area contributed by atoms with Crippen molar-refractivity contribution in [1.82, 2.24) is 0 Å². The van der Waals surface area contributed by atoms with Gasteiger partial charge in [-0.1, -0.05) is 42.5 Å². The molecule has 0 saturated carbocycles. The summed E-state index contributed by atoms with van der Waals surface area (Å²) in [6, 6.07) is 12.5. The van der Waals surface area contributed by atoms with E-state index in [0.29, 0.717) is 6.61 Å². The average molecular weight is 244 g/mol. The maximum absolute atomic E-state index is 5.67. The van der Waals surface area contributed by atoms with Crippen molar-refractivity contribution < 1.29 is 4.74 Å². The maximum Gasteiger partial charge on any atom is 0.127 e. The molecule has 2 aromatic rings. The normalized spacial score (nSPS) is 11.2. The van der Waals surface area contributed by atoms with Gasteiger partial charge in [-0.3, -0.25) is 0 Å². The molecule has 0 aliphatic heterocycles. The summed E-state index contributed by atoms with van der Waals surface area (Å²) >= 11 is 4.20. The highest BCUT2D eigenvalue weighted by Gasteiger charge is 2.05. The molecule has 0 N–H and O–H groups in total. The van der Waals surface area contributed by atoms with Gasteiger partial charge in [-0.2, -0.15) is 12.6 Å². The lowest BCUT2D eigenvalue weighted by atomic mass is 10.0. The Morgan fingerprint density at radius 1 is 1.18 bits per heavy atom. The molecule has 0 aliphatic carbocycles. The van der Waals surface area contributed by atoms with Crippen molar-refractivity contribution in [2.24, 2.45) is 0 Å². The zero-order valence-electron chi connectivity index (χ0n) is 9.89. The third-order valence-corrected chi connectivity index (χ3v) is 2.83. The molecule has 2 heteroatoms. The first kappa shape index (κ1) is 12.1. The zero-order chi connectivity index (χ0) is 12.1. The summed E-state index contributed by atoms with van der Waals surface area (Å²) in [6.07, 6.45) is 4.12. The van der Waals surface area contributed by atoms with Crippen molar-refractivity contribution in [3.63, 3.8) is 0 Å². The Kier molecular flexibility index (Phi) is 4.10. The van der Waals surface area contributed by atoms with E-state index in [9.17, 15) is 0 Å². The number of hydrogen-bond acceptors (Lipinski definition) is 2. The lowest BCUT2D eigenvalue weighted by Gasteiger charge is -2.10. The molecule has 0 heterocycles. The average Bonchev–Trinajstić information content (AvgIpc) is 2.37. The van der Waals surface area contributed by atoms with Gasteiger partial charge in [0.1, 0.15) is 5.75 Å². The van der Waals surface area contributed by atoms with Gasteiger partial charge in [-0.05, 0) is 23.8 Å². The standard InChI is InChI=1S/C15H16OS/c1-2-16-15-10-9-12-6-3-4-7-13(12)14(15)8-5-11-17/h3-10,17H,2,11H2,1H3. The lowest BCUT2D eigenvalue weighted by molar-refractivity contribution is 0.340. The van der Waals surface area contributed by atoms with E-state index in [1.807, 2.05) is 19.1 Å². The molecule has 0 bridgehead atoms. The van der Waals surface area contributed by atoms with Gasteiger partial charge in [0, 0.05) is 11.3 Å². The summed E-state index contributed by atoms with van der Waals surface area (Å²) in [4.78, 5) is 0. The molecule has 0 amide bonds. The fourth-order valence-corrected chi connectivity index (χ4v) is 2.00. The highest BCUT2D eigenvalue weighted by atomic mass is 32.1. The SMILES string of the molecule is CCOc1ccc2ccccc2c1C=CCS. The van der Waals surface area contributed by atoms with Gasteiger partial charge in [0.2, 0.25) is 0 Å². The quantitative estimate of drug-likeness (QED) is 0.794. The molecule has 0 unspecified atom stereocenters. The Balaban J connectivity index is 2.61. The Hall–Kier alpha value is -1.41. The second-order valence-corrected chi connectivity index (χ2v) is 4.08. The number of thiol groups is 1. The molecule has 0 radical (unpaired) electrons. The number of rotatable bonds is 4. The molecular weight excluding hydrogens is 228 g/mol. The Bertz CT molecular complexity index is 531. The molecule has 0 saturated heterocycles. The summed E-state index contributed by atoms with van der Waals surface area (Å²) in [6.45, 7) is 2.68. The van der Waals surface area contributed by atoms with E-state index in [1.54, 1.807) is 0 Å². The predicted octanol–water partition coefficient (Wildman–Crippen LogP) is 4.18. The minimum atomic E-state index is 0.681. The second-order valence-electron chi connectivity index (χ2n) is 3.72. The molecular formula is C15H16OS. The minimum Gasteiger partial charge on any atom is -0.493 e. The van der Waals surface area contributed by atoms with Crippen LogP contribution in [0.25, 0.3) is 16.8 Å². The van der Waals surface area contributed by atoms with Gasteiger partial charge < -0.3 is 4.74 Å². The van der Waals surface area contributed by atoms with Gasteiger partial charge in [0.05, 0.1) is 6.61 Å². The molecule has 0 fully saturated rings. The minimum absolute atomic E-state index is 0.681. The fraction of sp³-hybridized carbons (Fsp3) is 0.200. The topological polar surface area (TPSA) is 9.23 Å². The summed E-state index contributed by atoms with van der Waals surface area (Å²) in [5.41, 5.74) is 1.14. The summed E-state index contributed by atoms with van der Waals surface area (Å²) in [5.74, 6) is 1.67. The molecule has 1 nitrogen and oxygen atoms in total. The molecule has 0 aromatic heterocycles. The largest absolute Gasteiger partial charge is 0.493 e. The van der Waals surface area contributed by atoms with E-state index < -0.39 is 0 Å². The van der Waals surface area contributed by atoms with Gasteiger partial charge in [0.25, 0.3) is 0 Å². The zero-order valence-corrected chi connectivity index (χ0v) is 10.8. The number of hydrogen-bond donors (Lipinski definition) is 1. The van der Waals surface area contributed by atoms with E-state index in [1.165, 1.54) is 10.8 Å². The lowest BCUT2D eigenvalue weighted by Crippen LogP contribution is -1.94. The van der Waals surface area contributed by atoms with Gasteiger partial charge in [-0.25, -0.2) is 0 Å². The van der Waals surface area contributed by atoms with Gasteiger partial charge in [-0.15, -0.1) is 0 Å². The van der Waals surface area contributed by atoms with Crippen molar-refractivity contribution in [2.75, 3.05) is 12.4 Å². The van der Waals surface area contributed by atoms with E-state index in [-0.39, 0.29) is 0 Å². The molecule has 0 aliphatic rings. The van der Waals surface area contributed by atoms with E-state index in [2.05, 4.69) is 49.0 Å². The van der Waals surface area contributed by atoms with Crippen LogP contribution in [0.4, 0.5) is 0 Å². The van der Waals surface area contributed by atoms with Crippen LogP contribution in [0.5, 0.6) is 5.75 Å². The monoisotopic (exact) mass is 244 g/mol. The van der Waals surface area contributed by atoms with E-state index >= 15 is 0 Å². The van der Waals surface area contributed by atoms with Crippen LogP contribution < -0.4 is 4.74 Å². The van der Waals surface area contributed by atoms with Crippen LogP contribution >= 0.6 is 12.6 Å². The number of fused-ring (bicyclic) bond motifs is 1. The first-order valence-corrected chi connectivity index (χ1v) is 6.42. The van der Waals surface area contributed by atoms with Gasteiger partial charge >= 0.3 is 0 Å². The molecule has 88 valence electrons. The van der Waals surface area contributed by atoms with Gasteiger partial charge in [0.15, 0.2) is 0 Å². The Labute approximate surface area is 108 Å². The Morgan fingerprint density at radius 2 is 2.00 bits per heavy atom. The maximum atomic E-state index is 5.67. The number of ether oxygens (including phenoxy) is 1. The predicted molar refractivity (Wildman–Crippen MR) is 78.0 cm³/mol. The van der Waals surface area contributed by atoms with Crippen LogP contribution in [0.15, 0.2) is 42.5 Å². The van der Waals surface area contributed by atoms with Crippen molar-refractivity contribution in [3.8, 4) is 5.75 Å². The molecule has 17 heavy (non-hydrogen) atoms. The van der Waals surface area contributed by atoms with Crippen molar-refractivity contribution in [2.45, 2.75) is 6.92 Å². The summed E-state index contributed by atoms with van der Waals surface area (Å²) in [7, 11) is 0. The third kappa shape index (κ3) is 2.64. The molecule has 2 aromatic carbocycles. The smallest absolute Gasteiger partial charge is 0.127 e. The number of benzene rings is 2. The van der Waals surface area contributed by atoms with E-state index in [4.69, 9.17) is 4.74 Å². The Morgan fingerprint density at radius 3 is 2.76 bits per heavy atom. The highest BCUT2D eigenvalue weighted by Crippen LogP contribution is 2.29. The third-order valence-electron chi connectivity index (χ3n) is 2.62. The van der Waals surface area contributed by atoms with Crippen LogP contribution in [0.2, 0.25) is 0 Å². The van der Waals surface area contributed by atoms with Crippen molar-refractivity contribution in [3.05, 3.63) is 48.0 Å². The summed E-state index contributed by atoms with van der Waals surface area (Å²) in [5, 5.41) is 2.45. The van der Waals surface area contributed by atoms with Crippen LogP contribution in [0.3, 0.4) is 0 Å². The van der Waals surface area contributed by atoms with Crippen molar-refractivity contribution >= 4 is 29.5 Å². The highest BCUT2D eigenvalue weighted by molar-refractivity contribution is 7.80. The van der Waals surface area contributed by atoms with Crippen molar-refractivity contribution in [1.29, 1.82) is 0 Å². The van der Waals surface area contributed by atoms with Crippen LogP contribution in [0.1, 0.15) is 12.5 Å². The van der Waals surface area contributed by atoms with E-state index in [0.717, 1.165) is 17.1 Å².